The molecule has 2 nitrogen and oxygen atoms in total. The number of benzene rings is 3. The van der Waals surface area contributed by atoms with Crippen LogP contribution in [0, 0.1) is 25.7 Å². The highest BCUT2D eigenvalue weighted by Crippen LogP contribution is 2.58. The van der Waals surface area contributed by atoms with Crippen molar-refractivity contribution in [2.24, 2.45) is 11.8 Å². The van der Waals surface area contributed by atoms with E-state index in [-0.39, 0.29) is 0 Å². The molecule has 0 saturated heterocycles. The van der Waals surface area contributed by atoms with Gasteiger partial charge in [-0.05, 0) is 54.2 Å². The molecule has 2 aliphatic carbocycles. The van der Waals surface area contributed by atoms with Crippen molar-refractivity contribution in [3.63, 3.8) is 0 Å². The zero-order chi connectivity index (χ0) is 22.7. The molecule has 0 saturated carbocycles. The van der Waals surface area contributed by atoms with E-state index in [9.17, 15) is 10.2 Å². The van der Waals surface area contributed by atoms with Crippen LogP contribution in [-0.4, -0.2) is 18.1 Å². The molecular formula is C29H27BO2. The van der Waals surface area contributed by atoms with Gasteiger partial charge in [0.25, 0.3) is 0 Å². The average Bonchev–Trinajstić information content (AvgIpc) is 2.81. The van der Waals surface area contributed by atoms with Crippen LogP contribution in [0.1, 0.15) is 40.3 Å². The highest BCUT2D eigenvalue weighted by Gasteiger charge is 2.58. The maximum Gasteiger partial charge on any atom is 0.122 e. The number of hydrogen-bond acceptors (Lipinski definition) is 2. The van der Waals surface area contributed by atoms with Gasteiger partial charge in [0, 0.05) is 11.8 Å². The van der Waals surface area contributed by atoms with Crippen LogP contribution in [0.2, 0.25) is 0 Å². The molecule has 0 spiro atoms. The van der Waals surface area contributed by atoms with Gasteiger partial charge in [-0.3, -0.25) is 0 Å². The molecule has 32 heavy (non-hydrogen) atoms. The van der Waals surface area contributed by atoms with Crippen LogP contribution in [0.15, 0.2) is 96.0 Å². The Hall–Kier alpha value is -2.88. The summed E-state index contributed by atoms with van der Waals surface area (Å²) in [6.45, 7) is 6.06. The van der Waals surface area contributed by atoms with Gasteiger partial charge in [-0.25, -0.2) is 0 Å². The third-order valence-electron chi connectivity index (χ3n) is 7.48. The Bertz CT molecular complexity index is 1150. The van der Waals surface area contributed by atoms with Crippen LogP contribution in [0.4, 0.5) is 0 Å². The lowest BCUT2D eigenvalue weighted by Gasteiger charge is -2.54. The molecule has 2 radical (unpaired) electrons. The van der Waals surface area contributed by atoms with Crippen molar-refractivity contribution in [3.05, 3.63) is 129 Å². The molecule has 4 unspecified atom stereocenters. The van der Waals surface area contributed by atoms with Crippen LogP contribution >= 0.6 is 0 Å². The minimum atomic E-state index is -1.33. The average molecular weight is 418 g/mol. The lowest BCUT2D eigenvalue weighted by molar-refractivity contribution is -0.0721. The zero-order valence-corrected chi connectivity index (χ0v) is 18.7. The summed E-state index contributed by atoms with van der Waals surface area (Å²) in [6, 6.07) is 23.6. The summed E-state index contributed by atoms with van der Waals surface area (Å²) in [4.78, 5) is 0. The van der Waals surface area contributed by atoms with E-state index in [0.717, 1.165) is 39.0 Å². The van der Waals surface area contributed by atoms with E-state index in [1.807, 2.05) is 98.8 Å². The van der Waals surface area contributed by atoms with Crippen molar-refractivity contribution in [1.29, 1.82) is 0 Å². The summed E-state index contributed by atoms with van der Waals surface area (Å²) in [6.07, 6.45) is 3.98. The minimum absolute atomic E-state index is 0.392. The normalized spacial score (nSPS) is 28.9. The van der Waals surface area contributed by atoms with Crippen molar-refractivity contribution < 1.29 is 10.2 Å². The molecule has 0 bridgehead atoms. The first-order chi connectivity index (χ1) is 15.3. The van der Waals surface area contributed by atoms with Crippen molar-refractivity contribution in [2.45, 2.75) is 32.0 Å². The first-order valence-corrected chi connectivity index (χ1v) is 11.1. The Morgan fingerprint density at radius 3 is 1.50 bits per heavy atom. The summed E-state index contributed by atoms with van der Waals surface area (Å²) in [5.41, 5.74) is 4.17. The largest absolute Gasteiger partial charge is 0.380 e. The first-order valence-electron chi connectivity index (χ1n) is 11.1. The van der Waals surface area contributed by atoms with E-state index in [2.05, 4.69) is 6.92 Å². The number of hydrogen-bond donors (Lipinski definition) is 2. The molecule has 0 fully saturated rings. The van der Waals surface area contributed by atoms with Crippen LogP contribution in [0.25, 0.3) is 0 Å². The highest BCUT2D eigenvalue weighted by molar-refractivity contribution is 6.24. The van der Waals surface area contributed by atoms with Crippen molar-refractivity contribution in [2.75, 3.05) is 0 Å². The number of aryl methyl sites for hydroxylation is 2. The van der Waals surface area contributed by atoms with Gasteiger partial charge in [-0.1, -0.05) is 96.0 Å². The third-order valence-corrected chi connectivity index (χ3v) is 7.48. The lowest BCUT2D eigenvalue weighted by Crippen LogP contribution is -2.54. The van der Waals surface area contributed by atoms with E-state index in [1.165, 1.54) is 0 Å². The summed E-state index contributed by atoms with van der Waals surface area (Å²) in [5.74, 6) is -0.828. The quantitative estimate of drug-likeness (QED) is 0.573. The standard InChI is InChI=1S/C29H27BO2/c1-18-14-23-24(15-19(18)2)29(32,22-12-8-5-9-13-22)26-17-27(30)20(3)16-25(26)28(23,31)21-10-6-4-7-11-21/h4-17,25-26,31-32H,1-3H3. The summed E-state index contributed by atoms with van der Waals surface area (Å²) >= 11 is 0. The predicted octanol–water partition coefficient (Wildman–Crippen LogP) is 5.03. The summed E-state index contributed by atoms with van der Waals surface area (Å²) < 4.78 is 0. The van der Waals surface area contributed by atoms with E-state index in [1.54, 1.807) is 0 Å². The third kappa shape index (κ3) is 2.81. The highest BCUT2D eigenvalue weighted by atomic mass is 16.3. The first kappa shape index (κ1) is 21.0. The topological polar surface area (TPSA) is 40.5 Å². The van der Waals surface area contributed by atoms with E-state index >= 15 is 0 Å². The van der Waals surface area contributed by atoms with Crippen LogP contribution in [0.5, 0.6) is 0 Å². The fourth-order valence-corrected chi connectivity index (χ4v) is 5.55. The van der Waals surface area contributed by atoms with Gasteiger partial charge < -0.3 is 10.2 Å². The molecule has 0 aromatic heterocycles. The molecule has 0 heterocycles. The van der Waals surface area contributed by atoms with Gasteiger partial charge in [0.1, 0.15) is 19.0 Å². The van der Waals surface area contributed by atoms with Gasteiger partial charge in [0.15, 0.2) is 0 Å². The molecule has 4 atom stereocenters. The second-order valence-corrected chi connectivity index (χ2v) is 9.27. The second kappa shape index (κ2) is 7.33. The summed E-state index contributed by atoms with van der Waals surface area (Å²) in [5, 5.41) is 25.1. The molecule has 5 rings (SSSR count). The Labute approximate surface area is 191 Å². The summed E-state index contributed by atoms with van der Waals surface area (Å²) in [7, 11) is 6.39. The molecule has 0 amide bonds. The Balaban J connectivity index is 1.92. The zero-order valence-electron chi connectivity index (χ0n) is 18.7. The fourth-order valence-electron chi connectivity index (χ4n) is 5.55. The van der Waals surface area contributed by atoms with E-state index in [4.69, 9.17) is 7.85 Å². The van der Waals surface area contributed by atoms with Gasteiger partial charge in [0.05, 0.1) is 0 Å². The van der Waals surface area contributed by atoms with Crippen molar-refractivity contribution in [1.82, 2.24) is 0 Å². The Kier molecular flexibility index (Phi) is 4.81. The SMILES string of the molecule is [B]C1=CC2C(C=C1C)C(O)(c1ccccc1)c1cc(C)c(C)cc1C2(O)c1ccccc1. The number of aliphatic hydroxyl groups is 2. The molecule has 3 heteroatoms. The van der Waals surface area contributed by atoms with Gasteiger partial charge in [-0.15, -0.1) is 0 Å². The van der Waals surface area contributed by atoms with Crippen molar-refractivity contribution >= 4 is 7.85 Å². The Morgan fingerprint density at radius 2 is 1.06 bits per heavy atom. The van der Waals surface area contributed by atoms with Gasteiger partial charge >= 0.3 is 0 Å². The Morgan fingerprint density at radius 1 is 0.656 bits per heavy atom. The van der Waals surface area contributed by atoms with Crippen molar-refractivity contribution in [3.8, 4) is 0 Å². The van der Waals surface area contributed by atoms with E-state index < -0.39 is 23.0 Å². The molecular weight excluding hydrogens is 391 g/mol. The molecule has 0 aliphatic heterocycles. The molecule has 2 N–H and O–H groups in total. The van der Waals surface area contributed by atoms with Gasteiger partial charge in [0.2, 0.25) is 0 Å². The monoisotopic (exact) mass is 418 g/mol. The van der Waals surface area contributed by atoms with Crippen LogP contribution in [0.3, 0.4) is 0 Å². The number of allylic oxidation sites excluding steroid dienone is 2. The number of rotatable bonds is 2. The maximum absolute atomic E-state index is 12.6. The maximum atomic E-state index is 12.6. The predicted molar refractivity (Wildman–Crippen MR) is 129 cm³/mol. The molecule has 3 aromatic carbocycles. The van der Waals surface area contributed by atoms with Crippen LogP contribution in [-0.2, 0) is 11.2 Å². The van der Waals surface area contributed by atoms with Gasteiger partial charge in [-0.2, -0.15) is 0 Å². The minimum Gasteiger partial charge on any atom is -0.380 e. The number of fused-ring (bicyclic) bond motifs is 2. The second-order valence-electron chi connectivity index (χ2n) is 9.27. The molecule has 158 valence electrons. The van der Waals surface area contributed by atoms with Crippen LogP contribution < -0.4 is 0 Å². The molecule has 3 aromatic rings. The smallest absolute Gasteiger partial charge is 0.122 e. The lowest BCUT2D eigenvalue weighted by atomic mass is 9.53. The fraction of sp³-hybridized carbons (Fsp3) is 0.241. The van der Waals surface area contributed by atoms with E-state index in [0.29, 0.717) is 5.47 Å². The molecule has 2 aliphatic rings.